The van der Waals surface area contributed by atoms with Crippen LogP contribution in [0, 0.1) is 0 Å². The fraction of sp³-hybridized carbons (Fsp3) is 0.500. The Labute approximate surface area is 172 Å². The summed E-state index contributed by atoms with van der Waals surface area (Å²) in [6.45, 7) is 5.97. The normalized spacial score (nSPS) is 13.6. The molecule has 0 bridgehead atoms. The highest BCUT2D eigenvalue weighted by atomic mass is 16.6. The van der Waals surface area contributed by atoms with Gasteiger partial charge in [0.25, 0.3) is 0 Å². The summed E-state index contributed by atoms with van der Waals surface area (Å²) in [4.78, 5) is 35.4. The molecule has 1 saturated carbocycles. The summed E-state index contributed by atoms with van der Waals surface area (Å²) in [6.07, 6.45) is 5.70. The van der Waals surface area contributed by atoms with Crippen molar-refractivity contribution in [2.24, 2.45) is 0 Å². The van der Waals surface area contributed by atoms with Crippen molar-refractivity contribution in [3.63, 3.8) is 0 Å². The number of nitrogens with one attached hydrogen (secondary N) is 3. The van der Waals surface area contributed by atoms with Crippen molar-refractivity contribution in [3.05, 3.63) is 41.5 Å². The molecule has 29 heavy (non-hydrogen) atoms. The number of hydrogen-bond donors (Lipinski definition) is 3. The summed E-state index contributed by atoms with van der Waals surface area (Å²) in [5.41, 5.74) is 2.27. The highest BCUT2D eigenvalue weighted by molar-refractivity contribution is 5.91. The van der Waals surface area contributed by atoms with Crippen molar-refractivity contribution in [2.75, 3.05) is 11.9 Å². The number of allylic oxidation sites excluding steroid dienone is 1. The number of benzene rings is 1. The minimum atomic E-state index is -0.569. The van der Waals surface area contributed by atoms with Crippen molar-refractivity contribution in [1.29, 1.82) is 0 Å². The average molecular weight is 402 g/mol. The second kappa shape index (κ2) is 10.6. The van der Waals surface area contributed by atoms with Gasteiger partial charge in [-0.2, -0.15) is 0 Å². The summed E-state index contributed by atoms with van der Waals surface area (Å²) >= 11 is 0. The molecule has 0 unspecified atom stereocenters. The van der Waals surface area contributed by atoms with E-state index in [1.807, 2.05) is 12.1 Å². The molecule has 1 fully saturated rings. The van der Waals surface area contributed by atoms with Crippen LogP contribution in [0.15, 0.2) is 35.9 Å². The van der Waals surface area contributed by atoms with Gasteiger partial charge < -0.3 is 20.7 Å². The van der Waals surface area contributed by atoms with E-state index in [1.165, 1.54) is 18.4 Å². The quantitative estimate of drug-likeness (QED) is 0.608. The van der Waals surface area contributed by atoms with Crippen LogP contribution in [0.2, 0.25) is 0 Å². The third-order valence-corrected chi connectivity index (χ3v) is 4.31. The Morgan fingerprint density at radius 3 is 2.31 bits per heavy atom. The van der Waals surface area contributed by atoms with Gasteiger partial charge in [0.1, 0.15) is 5.60 Å². The second-order valence-electron chi connectivity index (χ2n) is 8.15. The number of carbonyl (C=O) groups is 3. The molecule has 0 radical (unpaired) electrons. The average Bonchev–Trinajstić information content (AvgIpc) is 3.12. The molecule has 0 spiro atoms. The van der Waals surface area contributed by atoms with Crippen LogP contribution in [0.1, 0.15) is 58.4 Å². The van der Waals surface area contributed by atoms with Crippen LogP contribution in [0.3, 0.4) is 0 Å². The predicted molar refractivity (Wildman–Crippen MR) is 112 cm³/mol. The first-order valence-electron chi connectivity index (χ1n) is 10.0. The Morgan fingerprint density at radius 1 is 1.03 bits per heavy atom. The second-order valence-corrected chi connectivity index (χ2v) is 8.15. The molecule has 158 valence electrons. The van der Waals surface area contributed by atoms with Crippen molar-refractivity contribution < 1.29 is 19.1 Å². The molecule has 0 saturated heterocycles. The smallest absolute Gasteiger partial charge is 0.407 e. The molecule has 7 nitrogen and oxygen atoms in total. The van der Waals surface area contributed by atoms with Crippen LogP contribution in [-0.2, 0) is 20.9 Å². The molecule has 2 rings (SSSR count). The summed E-state index contributed by atoms with van der Waals surface area (Å²) in [5, 5.41) is 8.21. The zero-order chi connectivity index (χ0) is 21.3. The van der Waals surface area contributed by atoms with Crippen LogP contribution in [0.5, 0.6) is 0 Å². The Hall–Kier alpha value is -2.83. The van der Waals surface area contributed by atoms with Gasteiger partial charge in [-0.25, -0.2) is 4.79 Å². The van der Waals surface area contributed by atoms with E-state index >= 15 is 0 Å². The van der Waals surface area contributed by atoms with Gasteiger partial charge in [0.15, 0.2) is 0 Å². The Kier molecular flexibility index (Phi) is 8.24. The maximum absolute atomic E-state index is 12.0. The van der Waals surface area contributed by atoms with E-state index < -0.39 is 11.7 Å². The number of hydrogen-bond acceptors (Lipinski definition) is 4. The molecule has 3 N–H and O–H groups in total. The number of ether oxygens (including phenoxy) is 1. The van der Waals surface area contributed by atoms with Gasteiger partial charge in [-0.3, -0.25) is 9.59 Å². The molecule has 1 aromatic carbocycles. The van der Waals surface area contributed by atoms with Gasteiger partial charge in [-0.15, -0.1) is 0 Å². The Balaban J connectivity index is 1.68. The van der Waals surface area contributed by atoms with Crippen molar-refractivity contribution in [2.45, 2.75) is 65.0 Å². The van der Waals surface area contributed by atoms with Crippen molar-refractivity contribution in [1.82, 2.24) is 10.6 Å². The first kappa shape index (κ1) is 22.5. The number of carbonyl (C=O) groups excluding carboxylic acids is 3. The SMILES string of the molecule is CC(C)(C)OC(=O)NCCC(=O)Nc1ccc(CNC(=O)C=C2CCCC2)cc1. The lowest BCUT2D eigenvalue weighted by atomic mass is 10.2. The molecule has 1 aromatic rings. The molecule has 1 aliphatic carbocycles. The lowest BCUT2D eigenvalue weighted by Gasteiger charge is -2.19. The third kappa shape index (κ3) is 9.27. The number of amides is 3. The molecular weight excluding hydrogens is 370 g/mol. The van der Waals surface area contributed by atoms with E-state index in [9.17, 15) is 14.4 Å². The summed E-state index contributed by atoms with van der Waals surface area (Å²) in [7, 11) is 0. The molecule has 0 aromatic heterocycles. The van der Waals surface area contributed by atoms with Crippen LogP contribution < -0.4 is 16.0 Å². The van der Waals surface area contributed by atoms with Crippen molar-refractivity contribution >= 4 is 23.6 Å². The highest BCUT2D eigenvalue weighted by Gasteiger charge is 2.16. The summed E-state index contributed by atoms with van der Waals surface area (Å²) < 4.78 is 5.11. The minimum Gasteiger partial charge on any atom is -0.444 e. The van der Waals surface area contributed by atoms with Crippen LogP contribution in [0.25, 0.3) is 0 Å². The monoisotopic (exact) mass is 401 g/mol. The van der Waals surface area contributed by atoms with E-state index in [0.717, 1.165) is 18.4 Å². The van der Waals surface area contributed by atoms with Gasteiger partial charge in [-0.05, 0) is 64.2 Å². The van der Waals surface area contributed by atoms with Gasteiger partial charge in [-0.1, -0.05) is 17.7 Å². The molecular formula is C22H31N3O4. The van der Waals surface area contributed by atoms with Crippen LogP contribution in [0.4, 0.5) is 10.5 Å². The van der Waals surface area contributed by atoms with Crippen LogP contribution >= 0.6 is 0 Å². The van der Waals surface area contributed by atoms with E-state index in [0.29, 0.717) is 12.2 Å². The summed E-state index contributed by atoms with van der Waals surface area (Å²) in [6, 6.07) is 7.29. The topological polar surface area (TPSA) is 96.5 Å². The third-order valence-electron chi connectivity index (χ3n) is 4.31. The predicted octanol–water partition coefficient (Wildman–Crippen LogP) is 3.66. The van der Waals surface area contributed by atoms with E-state index in [2.05, 4.69) is 16.0 Å². The molecule has 1 aliphatic rings. The van der Waals surface area contributed by atoms with Gasteiger partial charge in [0, 0.05) is 31.3 Å². The Bertz CT molecular complexity index is 740. The van der Waals surface area contributed by atoms with Gasteiger partial charge in [0.2, 0.25) is 11.8 Å². The standard InChI is InChI=1S/C22H31N3O4/c1-22(2,3)29-21(28)23-13-12-19(26)25-18-10-8-17(9-11-18)15-24-20(27)14-16-6-4-5-7-16/h8-11,14H,4-7,12-13,15H2,1-3H3,(H,23,28)(H,24,27)(H,25,26). The number of rotatable bonds is 7. The molecule has 7 heteroatoms. The van der Waals surface area contributed by atoms with Crippen LogP contribution in [-0.4, -0.2) is 30.1 Å². The minimum absolute atomic E-state index is 0.0585. The largest absolute Gasteiger partial charge is 0.444 e. The fourth-order valence-corrected chi connectivity index (χ4v) is 2.92. The molecule has 0 heterocycles. The Morgan fingerprint density at radius 2 is 1.69 bits per heavy atom. The lowest BCUT2D eigenvalue weighted by molar-refractivity contribution is -0.117. The molecule has 0 atom stereocenters. The van der Waals surface area contributed by atoms with Gasteiger partial charge in [0.05, 0.1) is 0 Å². The van der Waals surface area contributed by atoms with E-state index in [1.54, 1.807) is 39.0 Å². The molecule has 3 amide bonds. The molecule has 0 aliphatic heterocycles. The maximum atomic E-state index is 12.0. The van der Waals surface area contributed by atoms with E-state index in [4.69, 9.17) is 4.74 Å². The zero-order valence-electron chi connectivity index (χ0n) is 17.5. The number of alkyl carbamates (subject to hydrolysis) is 1. The number of anilines is 1. The van der Waals surface area contributed by atoms with Crippen molar-refractivity contribution in [3.8, 4) is 0 Å². The van der Waals surface area contributed by atoms with Gasteiger partial charge >= 0.3 is 6.09 Å². The fourth-order valence-electron chi connectivity index (χ4n) is 2.92. The first-order chi connectivity index (χ1) is 13.7. The summed E-state index contributed by atoms with van der Waals surface area (Å²) in [5.74, 6) is -0.262. The highest BCUT2D eigenvalue weighted by Crippen LogP contribution is 2.23. The first-order valence-corrected chi connectivity index (χ1v) is 10.0. The lowest BCUT2D eigenvalue weighted by Crippen LogP contribution is -2.34. The zero-order valence-corrected chi connectivity index (χ0v) is 17.5. The van der Waals surface area contributed by atoms with E-state index in [-0.39, 0.29) is 24.8 Å². The maximum Gasteiger partial charge on any atom is 0.407 e.